The zero-order chi connectivity index (χ0) is 39.6. The number of carbonyl (C=O) groups excluding carboxylic acids is 4. The lowest BCUT2D eigenvalue weighted by Crippen LogP contribution is -2.64. The largest absolute Gasteiger partial charge is 0.542 e. The number of likely N-dealkylation sites (tertiary alicyclic amines) is 1. The third-order valence-electron chi connectivity index (χ3n) is 9.02. The molecule has 3 aromatic carbocycles. The smallest absolute Gasteiger partial charge is 0.430 e. The molecule has 0 bridgehead atoms. The molecule has 2 aliphatic heterocycles. The minimum atomic E-state index is -5.19. The molecular formula is C38H45F3N4O9. The van der Waals surface area contributed by atoms with Gasteiger partial charge in [-0.05, 0) is 93.3 Å². The van der Waals surface area contributed by atoms with Crippen LogP contribution in [0.4, 0.5) is 23.7 Å². The third kappa shape index (κ3) is 11.2. The van der Waals surface area contributed by atoms with Gasteiger partial charge < -0.3 is 49.7 Å². The molecule has 1 saturated heterocycles. The number of hydrogen-bond donors (Lipinski definition) is 3. The van der Waals surface area contributed by atoms with E-state index in [-0.39, 0.29) is 31.1 Å². The van der Waals surface area contributed by atoms with Gasteiger partial charge in [-0.15, -0.1) is 0 Å². The highest BCUT2D eigenvalue weighted by atomic mass is 19.4. The maximum Gasteiger partial charge on any atom is 0.430 e. The van der Waals surface area contributed by atoms with E-state index in [4.69, 9.17) is 29.8 Å². The first-order chi connectivity index (χ1) is 25.5. The molecule has 0 aromatic heterocycles. The number of aromatic hydroxyl groups is 1. The fourth-order valence-electron chi connectivity index (χ4n) is 6.76. The molecule has 1 fully saturated rings. The number of esters is 1. The number of rotatable bonds is 12. The quantitative estimate of drug-likeness (QED) is 0.177. The van der Waals surface area contributed by atoms with Gasteiger partial charge in [0.05, 0.1) is 37.3 Å². The summed E-state index contributed by atoms with van der Waals surface area (Å²) in [4.78, 5) is 50.2. The highest BCUT2D eigenvalue weighted by molar-refractivity contribution is 5.95. The summed E-state index contributed by atoms with van der Waals surface area (Å²) < 4.78 is 48.7. The predicted molar refractivity (Wildman–Crippen MR) is 188 cm³/mol. The third-order valence-corrected chi connectivity index (χ3v) is 9.02. The summed E-state index contributed by atoms with van der Waals surface area (Å²) in [5.74, 6) is -2.49. The van der Waals surface area contributed by atoms with Gasteiger partial charge in [0.1, 0.15) is 24.3 Å². The van der Waals surface area contributed by atoms with Crippen LogP contribution in [0, 0.1) is 0 Å². The second-order valence-electron chi connectivity index (χ2n) is 13.6. The number of piperidine rings is 1. The molecule has 0 radical (unpaired) electrons. The number of phenols is 1. The summed E-state index contributed by atoms with van der Waals surface area (Å²) in [5, 5.41) is 21.6. The zero-order valence-corrected chi connectivity index (χ0v) is 30.3. The van der Waals surface area contributed by atoms with Crippen molar-refractivity contribution < 1.29 is 61.3 Å². The lowest BCUT2D eigenvalue weighted by Gasteiger charge is -2.48. The number of nitrogens with two attached hydrogens (primary N) is 1. The van der Waals surface area contributed by atoms with E-state index in [0.717, 1.165) is 59.6 Å². The highest BCUT2D eigenvalue weighted by Gasteiger charge is 2.43. The highest BCUT2D eigenvalue weighted by Crippen LogP contribution is 2.35. The number of nitrogens with one attached hydrogen (secondary N) is 1. The molecule has 0 aliphatic carbocycles. The number of hydrogen-bond acceptors (Lipinski definition) is 9. The minimum absolute atomic E-state index is 0.108. The van der Waals surface area contributed by atoms with Gasteiger partial charge in [0.15, 0.2) is 11.5 Å². The van der Waals surface area contributed by atoms with Gasteiger partial charge in [-0.2, -0.15) is 13.2 Å². The van der Waals surface area contributed by atoms with E-state index in [1.165, 1.54) is 0 Å². The van der Waals surface area contributed by atoms with Crippen molar-refractivity contribution in [3.8, 4) is 17.2 Å². The molecule has 292 valence electrons. The molecule has 2 heterocycles. The van der Waals surface area contributed by atoms with Crippen molar-refractivity contribution in [2.24, 2.45) is 5.73 Å². The number of aliphatic carboxylic acids is 1. The van der Waals surface area contributed by atoms with Crippen molar-refractivity contribution in [2.75, 3.05) is 31.7 Å². The predicted octanol–water partition coefficient (Wildman–Crippen LogP) is 4.50. The molecule has 3 aromatic rings. The second-order valence-corrected chi connectivity index (χ2v) is 13.6. The van der Waals surface area contributed by atoms with Crippen molar-refractivity contribution in [2.45, 2.75) is 77.4 Å². The van der Waals surface area contributed by atoms with E-state index < -0.39 is 36.1 Å². The SMILES string of the molecule is CCC[N+]1(Cc2ccc3c(c2)OCO3)CCC[C@@H](N(C(=O)Nc2ccc(C(=O)OC(C)C)cc2)[C@@H](Cc2ccc(O)cc2)C(N)=O)C1.O=C([O-])C(F)(F)F. The Bertz CT molecular complexity index is 1770. The number of carboxylic acid groups (broad SMARTS) is 1. The summed E-state index contributed by atoms with van der Waals surface area (Å²) in [6, 6.07) is 17.4. The van der Waals surface area contributed by atoms with Crippen molar-refractivity contribution in [3.05, 3.63) is 83.4 Å². The topological polar surface area (TPSA) is 181 Å². The summed E-state index contributed by atoms with van der Waals surface area (Å²) >= 11 is 0. The van der Waals surface area contributed by atoms with Crippen LogP contribution >= 0.6 is 0 Å². The minimum Gasteiger partial charge on any atom is -0.542 e. The number of anilines is 1. The fourth-order valence-corrected chi connectivity index (χ4v) is 6.76. The Hall–Kier alpha value is -5.51. The van der Waals surface area contributed by atoms with Gasteiger partial charge in [0.2, 0.25) is 12.7 Å². The van der Waals surface area contributed by atoms with Crippen molar-refractivity contribution in [3.63, 3.8) is 0 Å². The average molecular weight is 759 g/mol. The van der Waals surface area contributed by atoms with E-state index in [1.807, 2.05) is 12.1 Å². The van der Waals surface area contributed by atoms with Gasteiger partial charge >= 0.3 is 18.2 Å². The first-order valence-electron chi connectivity index (χ1n) is 17.5. The molecule has 16 heteroatoms. The van der Waals surface area contributed by atoms with Gasteiger partial charge in [-0.25, -0.2) is 9.59 Å². The summed E-state index contributed by atoms with van der Waals surface area (Å²) in [6.07, 6.45) is -2.75. The van der Waals surface area contributed by atoms with Crippen molar-refractivity contribution in [1.82, 2.24) is 4.90 Å². The number of alkyl halides is 3. The molecule has 13 nitrogen and oxygen atoms in total. The van der Waals surface area contributed by atoms with Gasteiger partial charge in [0.25, 0.3) is 0 Å². The standard InChI is InChI=1S/C36H44N4O7.C2HF3O2/c1-4-17-40(21-26-9-16-32-33(20-26)46-23-45-32)18-5-6-29(22-40)39(31(34(37)42)19-25-7-14-30(41)15-8-25)36(44)38-28-12-10-27(11-13-28)35(43)47-24(2)3;3-2(4,5)1(6)7/h7-16,20,24,29,31H,4-6,17-19,21-23H2,1-3H3,(H3-,37,38,41,42,43,44);(H,6,7)/t29-,31+,40?;/m1./s1. The molecule has 0 spiro atoms. The molecule has 3 atom stereocenters. The number of primary amides is 1. The van der Waals surface area contributed by atoms with Gasteiger partial charge in [-0.1, -0.05) is 19.1 Å². The van der Waals surface area contributed by atoms with E-state index in [0.29, 0.717) is 24.2 Å². The summed E-state index contributed by atoms with van der Waals surface area (Å²) in [5.41, 5.74) is 8.78. The lowest BCUT2D eigenvalue weighted by atomic mass is 9.95. The van der Waals surface area contributed by atoms with E-state index >= 15 is 0 Å². The Morgan fingerprint density at radius 3 is 2.24 bits per heavy atom. The van der Waals surface area contributed by atoms with Crippen LogP contribution in [-0.4, -0.2) is 89.2 Å². The Balaban J connectivity index is 0.000000845. The van der Waals surface area contributed by atoms with E-state index in [9.17, 15) is 32.7 Å². The maximum atomic E-state index is 14.3. The van der Waals surface area contributed by atoms with Crippen LogP contribution in [0.3, 0.4) is 0 Å². The maximum absolute atomic E-state index is 14.3. The van der Waals surface area contributed by atoms with Crippen LogP contribution in [0.5, 0.6) is 17.2 Å². The van der Waals surface area contributed by atoms with Gasteiger partial charge in [0, 0.05) is 17.7 Å². The Morgan fingerprint density at radius 1 is 1.02 bits per heavy atom. The number of carbonyl (C=O) groups is 4. The number of phenolic OH excluding ortho intramolecular Hbond substituents is 1. The number of quaternary nitrogens is 1. The Labute approximate surface area is 311 Å². The number of halogens is 3. The first-order valence-corrected chi connectivity index (χ1v) is 17.5. The Morgan fingerprint density at radius 2 is 1.65 bits per heavy atom. The first kappa shape index (κ1) is 41.2. The van der Waals surface area contributed by atoms with Crippen LogP contribution in [0.2, 0.25) is 0 Å². The number of fused-ring (bicyclic) bond motifs is 1. The van der Waals surface area contributed by atoms with Crippen molar-refractivity contribution in [1.29, 1.82) is 0 Å². The van der Waals surface area contributed by atoms with Gasteiger partial charge in [-0.3, -0.25) is 4.79 Å². The Kier molecular flexibility index (Phi) is 13.8. The van der Waals surface area contributed by atoms with E-state index in [2.05, 4.69) is 18.3 Å². The molecule has 0 saturated carbocycles. The lowest BCUT2D eigenvalue weighted by molar-refractivity contribution is -0.946. The van der Waals surface area contributed by atoms with Crippen LogP contribution in [0.25, 0.3) is 0 Å². The molecule has 2 aliphatic rings. The van der Waals surface area contributed by atoms with E-state index in [1.54, 1.807) is 67.3 Å². The number of benzene rings is 3. The molecule has 4 N–H and O–H groups in total. The average Bonchev–Trinajstić information content (AvgIpc) is 3.57. The number of amides is 3. The number of ether oxygens (including phenoxy) is 3. The summed E-state index contributed by atoms with van der Waals surface area (Å²) in [7, 11) is 0. The molecule has 5 rings (SSSR count). The molecule has 54 heavy (non-hydrogen) atoms. The summed E-state index contributed by atoms with van der Waals surface area (Å²) in [6.45, 7) is 9.13. The zero-order valence-electron chi connectivity index (χ0n) is 30.3. The normalized spacial score (nSPS) is 18.2. The van der Waals surface area contributed by atoms with Crippen LogP contribution < -0.4 is 25.6 Å². The number of urea groups is 1. The van der Waals surface area contributed by atoms with Crippen LogP contribution in [0.15, 0.2) is 66.7 Å². The molecule has 3 amide bonds. The number of carboxylic acids is 1. The molecule has 1 unspecified atom stereocenters. The van der Waals surface area contributed by atoms with Crippen molar-refractivity contribution >= 4 is 29.6 Å². The number of nitrogens with zero attached hydrogens (tertiary/aromatic N) is 2. The molecular weight excluding hydrogens is 713 g/mol. The fraction of sp³-hybridized carbons (Fsp3) is 0.421. The monoisotopic (exact) mass is 758 g/mol. The van der Waals surface area contributed by atoms with Crippen LogP contribution in [0.1, 0.15) is 61.5 Å². The van der Waals surface area contributed by atoms with Crippen LogP contribution in [-0.2, 0) is 27.3 Å². The second kappa shape index (κ2) is 18.0.